The largest absolute Gasteiger partial charge is 0.388 e. The van der Waals surface area contributed by atoms with E-state index >= 15 is 0 Å². The lowest BCUT2D eigenvalue weighted by atomic mass is 10.1. The molecule has 0 amide bonds. The maximum Gasteiger partial charge on any atom is 0.127 e. The van der Waals surface area contributed by atoms with Crippen LogP contribution in [0.4, 0.5) is 5.82 Å². The van der Waals surface area contributed by atoms with E-state index in [1.54, 1.807) is 17.9 Å². The Bertz CT molecular complexity index is 589. The van der Waals surface area contributed by atoms with Crippen molar-refractivity contribution in [2.45, 2.75) is 32.9 Å². The number of nitrogens with zero attached hydrogens (tertiary/aromatic N) is 4. The summed E-state index contributed by atoms with van der Waals surface area (Å²) in [6.07, 6.45) is 1.20. The van der Waals surface area contributed by atoms with Crippen LogP contribution in [-0.4, -0.2) is 24.7 Å². The maximum absolute atomic E-state index is 10.3. The number of anilines is 1. The molecule has 0 spiro atoms. The third-order valence-corrected chi connectivity index (χ3v) is 3.70. The van der Waals surface area contributed by atoms with Crippen molar-refractivity contribution in [3.05, 3.63) is 28.2 Å². The molecule has 2 aromatic rings. The number of rotatable bonds is 4. The number of aryl methyl sites for hydroxylation is 3. The first-order valence-corrected chi connectivity index (χ1v) is 6.50. The van der Waals surface area contributed by atoms with Crippen LogP contribution in [0.3, 0.4) is 0 Å². The zero-order valence-electron chi connectivity index (χ0n) is 11.3. The van der Waals surface area contributed by atoms with Gasteiger partial charge in [0.1, 0.15) is 5.82 Å². The Morgan fingerprint density at radius 3 is 2.74 bits per heavy atom. The first-order chi connectivity index (χ1) is 8.95. The summed E-state index contributed by atoms with van der Waals surface area (Å²) in [5.74, 6) is 0.461. The molecular weight excluding hydrogens is 266 g/mol. The lowest BCUT2D eigenvalue weighted by molar-refractivity contribution is 0.176. The van der Waals surface area contributed by atoms with Crippen LogP contribution < -0.4 is 5.73 Å². The predicted molar refractivity (Wildman–Crippen MR) is 73.9 cm³/mol. The number of hydrogen-bond acceptors (Lipinski definition) is 4. The van der Waals surface area contributed by atoms with Crippen molar-refractivity contribution in [3.63, 3.8) is 0 Å². The quantitative estimate of drug-likeness (QED) is 0.890. The highest BCUT2D eigenvalue weighted by Gasteiger charge is 2.20. The molecule has 0 saturated heterocycles. The summed E-state index contributed by atoms with van der Waals surface area (Å²) >= 11 is 6.22. The molecule has 2 heterocycles. The molecule has 6 nitrogen and oxygen atoms in total. The molecule has 1 atom stereocenters. The first kappa shape index (κ1) is 13.9. The number of halogens is 1. The summed E-state index contributed by atoms with van der Waals surface area (Å²) in [6.45, 7) is 4.54. The van der Waals surface area contributed by atoms with E-state index in [0.29, 0.717) is 29.4 Å². The molecule has 2 rings (SSSR count). The van der Waals surface area contributed by atoms with Crippen molar-refractivity contribution in [1.29, 1.82) is 0 Å². The van der Waals surface area contributed by atoms with Crippen molar-refractivity contribution in [1.82, 2.24) is 19.6 Å². The van der Waals surface area contributed by atoms with E-state index < -0.39 is 6.10 Å². The summed E-state index contributed by atoms with van der Waals surface area (Å²) in [5, 5.41) is 19.2. The van der Waals surface area contributed by atoms with Gasteiger partial charge in [0.25, 0.3) is 0 Å². The van der Waals surface area contributed by atoms with E-state index in [4.69, 9.17) is 17.3 Å². The molecule has 0 fully saturated rings. The molecule has 0 aromatic carbocycles. The van der Waals surface area contributed by atoms with E-state index in [9.17, 15) is 5.11 Å². The second-order valence-electron chi connectivity index (χ2n) is 4.49. The Morgan fingerprint density at radius 2 is 2.21 bits per heavy atom. The van der Waals surface area contributed by atoms with Crippen LogP contribution in [0.1, 0.15) is 30.0 Å². The monoisotopic (exact) mass is 283 g/mol. The van der Waals surface area contributed by atoms with Gasteiger partial charge in [-0.1, -0.05) is 11.6 Å². The molecule has 104 valence electrons. The SMILES string of the molecule is CCn1nc(C)c(Cl)c1CC(O)c1cnn(C)c1N. The predicted octanol–water partition coefficient (Wildman–Crippen LogP) is 1.46. The molecule has 0 saturated carbocycles. The van der Waals surface area contributed by atoms with Crippen molar-refractivity contribution in [3.8, 4) is 0 Å². The molecule has 3 N–H and O–H groups in total. The third kappa shape index (κ3) is 2.46. The second kappa shape index (κ2) is 5.22. The molecule has 19 heavy (non-hydrogen) atoms. The van der Waals surface area contributed by atoms with Gasteiger partial charge in [0.05, 0.1) is 28.7 Å². The summed E-state index contributed by atoms with van der Waals surface area (Å²) in [6, 6.07) is 0. The van der Waals surface area contributed by atoms with Gasteiger partial charge in [-0.15, -0.1) is 0 Å². The highest BCUT2D eigenvalue weighted by molar-refractivity contribution is 6.31. The first-order valence-electron chi connectivity index (χ1n) is 6.12. The van der Waals surface area contributed by atoms with Gasteiger partial charge in [0, 0.05) is 25.6 Å². The summed E-state index contributed by atoms with van der Waals surface area (Å²) in [5.41, 5.74) is 8.05. The highest BCUT2D eigenvalue weighted by Crippen LogP contribution is 2.28. The van der Waals surface area contributed by atoms with Crippen LogP contribution >= 0.6 is 11.6 Å². The Hall–Kier alpha value is -1.53. The Balaban J connectivity index is 2.28. The highest BCUT2D eigenvalue weighted by atomic mass is 35.5. The standard InChI is InChI=1S/C12H18ClN5O/c1-4-18-9(11(13)7(2)16-18)5-10(19)8-6-15-17(3)12(8)14/h6,10,19H,4-5,14H2,1-3H3. The number of aliphatic hydroxyl groups is 1. The Morgan fingerprint density at radius 1 is 1.53 bits per heavy atom. The number of hydrogen-bond donors (Lipinski definition) is 2. The Kier molecular flexibility index (Phi) is 3.82. The van der Waals surface area contributed by atoms with Crippen LogP contribution in [0.5, 0.6) is 0 Å². The molecule has 0 bridgehead atoms. The zero-order valence-corrected chi connectivity index (χ0v) is 12.0. The van der Waals surface area contributed by atoms with E-state index in [1.165, 1.54) is 4.68 Å². The van der Waals surface area contributed by atoms with E-state index in [1.807, 2.05) is 13.8 Å². The fraction of sp³-hybridized carbons (Fsp3) is 0.500. The van der Waals surface area contributed by atoms with Crippen molar-refractivity contribution in [2.75, 3.05) is 5.73 Å². The zero-order chi connectivity index (χ0) is 14.2. The van der Waals surface area contributed by atoms with Crippen molar-refractivity contribution in [2.24, 2.45) is 7.05 Å². The van der Waals surface area contributed by atoms with Gasteiger partial charge in [-0.3, -0.25) is 9.36 Å². The third-order valence-electron chi connectivity index (χ3n) is 3.21. The van der Waals surface area contributed by atoms with E-state index in [2.05, 4.69) is 10.2 Å². The molecule has 7 heteroatoms. The lowest BCUT2D eigenvalue weighted by Gasteiger charge is -2.11. The molecule has 0 radical (unpaired) electrons. The fourth-order valence-electron chi connectivity index (χ4n) is 2.08. The maximum atomic E-state index is 10.3. The number of nitrogen functional groups attached to an aromatic ring is 1. The van der Waals surface area contributed by atoms with Gasteiger partial charge >= 0.3 is 0 Å². The van der Waals surface area contributed by atoms with Crippen molar-refractivity contribution >= 4 is 17.4 Å². The van der Waals surface area contributed by atoms with Gasteiger partial charge in [0.2, 0.25) is 0 Å². The molecular formula is C12H18ClN5O. The summed E-state index contributed by atoms with van der Waals surface area (Å²) < 4.78 is 3.33. The number of aromatic nitrogens is 4. The second-order valence-corrected chi connectivity index (χ2v) is 4.87. The van der Waals surface area contributed by atoms with Gasteiger partial charge in [-0.2, -0.15) is 10.2 Å². The topological polar surface area (TPSA) is 81.9 Å². The minimum atomic E-state index is -0.743. The lowest BCUT2D eigenvalue weighted by Crippen LogP contribution is -2.10. The average molecular weight is 284 g/mol. The molecule has 0 aliphatic heterocycles. The van der Waals surface area contributed by atoms with Crippen LogP contribution in [0, 0.1) is 6.92 Å². The minimum Gasteiger partial charge on any atom is -0.388 e. The molecule has 1 unspecified atom stereocenters. The van der Waals surface area contributed by atoms with Crippen LogP contribution in [0.15, 0.2) is 6.20 Å². The Labute approximate surface area is 116 Å². The minimum absolute atomic E-state index is 0.364. The van der Waals surface area contributed by atoms with Gasteiger partial charge in [-0.25, -0.2) is 0 Å². The van der Waals surface area contributed by atoms with Gasteiger partial charge < -0.3 is 10.8 Å². The normalized spacial score (nSPS) is 12.9. The average Bonchev–Trinajstić information content (AvgIpc) is 2.84. The molecule has 0 aliphatic rings. The molecule has 2 aromatic heterocycles. The van der Waals surface area contributed by atoms with Crippen LogP contribution in [0.2, 0.25) is 5.02 Å². The van der Waals surface area contributed by atoms with Gasteiger partial charge in [-0.05, 0) is 13.8 Å². The smallest absolute Gasteiger partial charge is 0.127 e. The summed E-state index contributed by atoms with van der Waals surface area (Å²) in [4.78, 5) is 0. The summed E-state index contributed by atoms with van der Waals surface area (Å²) in [7, 11) is 1.74. The fourth-order valence-corrected chi connectivity index (χ4v) is 2.29. The van der Waals surface area contributed by atoms with E-state index in [0.717, 1.165) is 11.4 Å². The van der Waals surface area contributed by atoms with Crippen molar-refractivity contribution < 1.29 is 5.11 Å². The van der Waals surface area contributed by atoms with Crippen LogP contribution in [-0.2, 0) is 20.0 Å². The van der Waals surface area contributed by atoms with Crippen LogP contribution in [0.25, 0.3) is 0 Å². The number of nitrogens with two attached hydrogens (primary N) is 1. The van der Waals surface area contributed by atoms with E-state index in [-0.39, 0.29) is 0 Å². The number of aliphatic hydroxyl groups excluding tert-OH is 1. The molecule has 0 aliphatic carbocycles. The van der Waals surface area contributed by atoms with Gasteiger partial charge in [0.15, 0.2) is 0 Å².